The highest BCUT2D eigenvalue weighted by Crippen LogP contribution is 2.23. The smallest absolute Gasteiger partial charge is 0.343 e. The van der Waals surface area contributed by atoms with Gasteiger partial charge in [-0.05, 0) is 45.0 Å². The van der Waals surface area contributed by atoms with Crippen LogP contribution in [0, 0.1) is 11.8 Å². The third-order valence-corrected chi connectivity index (χ3v) is 9.22. The molecular weight excluding hydrogens is 682 g/mol. The molecule has 274 valence electrons. The molecule has 0 spiro atoms. The summed E-state index contributed by atoms with van der Waals surface area (Å²) in [7, 11) is -4.62. The highest BCUT2D eigenvalue weighted by molar-refractivity contribution is 7.85. The molecule has 4 rings (SSSR count). The van der Waals surface area contributed by atoms with Crippen molar-refractivity contribution >= 4 is 50.9 Å². The van der Waals surface area contributed by atoms with Crippen molar-refractivity contribution in [1.29, 1.82) is 0 Å². The topological polar surface area (TPSA) is 195 Å². The van der Waals surface area contributed by atoms with Crippen molar-refractivity contribution in [1.82, 2.24) is 15.0 Å². The van der Waals surface area contributed by atoms with E-state index in [2.05, 4.69) is 15.2 Å². The Labute approximate surface area is 295 Å². The van der Waals surface area contributed by atoms with Crippen LogP contribution in [0.1, 0.15) is 57.9 Å². The van der Waals surface area contributed by atoms with Gasteiger partial charge in [-0.3, -0.25) is 18.8 Å². The number of carbonyl (C=O) groups is 2. The SMILES string of the molecule is CCN(CC)c1ccc2cc(/C=C/c3cc[n+](CCCn4cc(COC(=O)C(C)C(C)C(=O)OCC(C)O)nn4)cc3S(=O)(=O)O)c(=O)oc2c1. The van der Waals surface area contributed by atoms with Gasteiger partial charge in [0, 0.05) is 54.8 Å². The van der Waals surface area contributed by atoms with Gasteiger partial charge in [-0.15, -0.1) is 5.10 Å². The first-order valence-corrected chi connectivity index (χ1v) is 18.1. The number of aromatic nitrogens is 4. The number of rotatable bonds is 17. The number of anilines is 1. The Kier molecular flexibility index (Phi) is 13.2. The van der Waals surface area contributed by atoms with E-state index < -0.39 is 45.6 Å². The zero-order valence-electron chi connectivity index (χ0n) is 29.3. The molecule has 1 aromatic carbocycles. The van der Waals surface area contributed by atoms with E-state index in [1.165, 1.54) is 31.3 Å². The third-order valence-electron chi connectivity index (χ3n) is 8.32. The van der Waals surface area contributed by atoms with Crippen LogP contribution in [0.4, 0.5) is 5.69 Å². The first kappa shape index (κ1) is 38.9. The molecule has 0 fully saturated rings. The molecule has 0 saturated carbocycles. The quantitative estimate of drug-likeness (QED) is 0.0697. The summed E-state index contributed by atoms with van der Waals surface area (Å²) in [5.74, 6) is -2.77. The van der Waals surface area contributed by atoms with E-state index in [-0.39, 0.29) is 29.2 Å². The van der Waals surface area contributed by atoms with Crippen molar-refractivity contribution in [2.24, 2.45) is 11.8 Å². The molecule has 0 aliphatic heterocycles. The maximum absolute atomic E-state index is 12.8. The van der Waals surface area contributed by atoms with Gasteiger partial charge in [0.25, 0.3) is 0 Å². The second-order valence-electron chi connectivity index (χ2n) is 12.2. The average molecular weight is 727 g/mol. The van der Waals surface area contributed by atoms with Crippen LogP contribution in [0.2, 0.25) is 0 Å². The van der Waals surface area contributed by atoms with Gasteiger partial charge in [0.05, 0.1) is 29.7 Å². The lowest BCUT2D eigenvalue weighted by Crippen LogP contribution is -2.34. The lowest BCUT2D eigenvalue weighted by molar-refractivity contribution is -0.699. The molecule has 0 amide bonds. The summed E-state index contributed by atoms with van der Waals surface area (Å²) in [6.07, 6.45) is 7.14. The summed E-state index contributed by atoms with van der Waals surface area (Å²) in [4.78, 5) is 39.1. The normalized spacial score (nSPS) is 13.6. The first-order valence-electron chi connectivity index (χ1n) is 16.6. The van der Waals surface area contributed by atoms with Gasteiger partial charge in [-0.1, -0.05) is 25.1 Å². The number of ether oxygens (including phenoxy) is 2. The Morgan fingerprint density at radius 1 is 1.04 bits per heavy atom. The molecule has 0 radical (unpaired) electrons. The zero-order chi connectivity index (χ0) is 37.3. The molecule has 3 aromatic heterocycles. The van der Waals surface area contributed by atoms with E-state index in [4.69, 9.17) is 13.9 Å². The lowest BCUT2D eigenvalue weighted by Gasteiger charge is -2.20. The van der Waals surface area contributed by atoms with Gasteiger partial charge in [-0.2, -0.15) is 8.42 Å². The number of esters is 2. The van der Waals surface area contributed by atoms with Crippen molar-refractivity contribution < 1.29 is 46.1 Å². The van der Waals surface area contributed by atoms with Gasteiger partial charge in [0.1, 0.15) is 31.0 Å². The van der Waals surface area contributed by atoms with E-state index in [0.29, 0.717) is 36.2 Å². The summed E-state index contributed by atoms with van der Waals surface area (Å²) in [6.45, 7) is 10.7. The third kappa shape index (κ3) is 10.5. The van der Waals surface area contributed by atoms with Crippen molar-refractivity contribution in [2.75, 3.05) is 24.6 Å². The summed E-state index contributed by atoms with van der Waals surface area (Å²) < 4.78 is 53.6. The first-order chi connectivity index (χ1) is 24.2. The number of hydrogen-bond donors (Lipinski definition) is 2. The molecule has 15 nitrogen and oxygen atoms in total. The minimum Gasteiger partial charge on any atom is -0.463 e. The zero-order valence-corrected chi connectivity index (χ0v) is 30.1. The highest BCUT2D eigenvalue weighted by atomic mass is 32.2. The van der Waals surface area contributed by atoms with Crippen molar-refractivity contribution in [3.63, 3.8) is 0 Å². The van der Waals surface area contributed by atoms with Crippen molar-refractivity contribution in [3.8, 4) is 0 Å². The fourth-order valence-electron chi connectivity index (χ4n) is 5.16. The maximum atomic E-state index is 12.8. The summed E-state index contributed by atoms with van der Waals surface area (Å²) in [6, 6.07) is 8.81. The number of carbonyl (C=O) groups excluding carboxylic acids is 2. The minimum absolute atomic E-state index is 0.154. The standard InChI is InChI=1S/C35H43N5O10S/c1-6-39(7-2)30-12-11-27-17-28(35(44)50-31(27)18-30)10-9-26-13-16-38(20-32(26)51(45,46)47)14-8-15-40-19-29(36-37-40)22-49-34(43)25(5)24(4)33(42)48-21-23(3)41/h9-13,16-20,23-25,41H,6-8,14-15,21-22H2,1-5H3/p+1. The lowest BCUT2D eigenvalue weighted by atomic mass is 9.96. The number of aryl methyl sites for hydroxylation is 2. The summed E-state index contributed by atoms with van der Waals surface area (Å²) in [5, 5.41) is 18.0. The van der Waals surface area contributed by atoms with E-state index in [1.807, 2.05) is 32.0 Å². The van der Waals surface area contributed by atoms with E-state index >= 15 is 0 Å². The Bertz CT molecular complexity index is 2040. The van der Waals surface area contributed by atoms with Crippen LogP contribution >= 0.6 is 0 Å². The number of aliphatic hydroxyl groups excluding tert-OH is 1. The largest absolute Gasteiger partial charge is 0.463 e. The fraction of sp³-hybridized carbons (Fsp3) is 0.429. The predicted molar refractivity (Wildman–Crippen MR) is 187 cm³/mol. The number of hydrogen-bond acceptors (Lipinski definition) is 12. The van der Waals surface area contributed by atoms with Gasteiger partial charge >= 0.3 is 27.7 Å². The van der Waals surface area contributed by atoms with Crippen molar-refractivity contribution in [3.05, 3.63) is 76.2 Å². The molecule has 4 aromatic rings. The molecule has 2 N–H and O–H groups in total. The number of nitrogens with zero attached hydrogens (tertiary/aromatic N) is 5. The predicted octanol–water partition coefficient (Wildman–Crippen LogP) is 3.27. The summed E-state index contributed by atoms with van der Waals surface area (Å²) >= 11 is 0. The Balaban J connectivity index is 1.36. The van der Waals surface area contributed by atoms with Crippen LogP contribution in [0.25, 0.3) is 23.1 Å². The molecule has 3 heterocycles. The fourth-order valence-corrected chi connectivity index (χ4v) is 5.87. The van der Waals surface area contributed by atoms with Crippen LogP contribution in [-0.4, -0.2) is 70.8 Å². The van der Waals surface area contributed by atoms with Crippen LogP contribution < -0.4 is 15.1 Å². The molecule has 3 unspecified atom stereocenters. The van der Waals surface area contributed by atoms with E-state index in [1.54, 1.807) is 41.6 Å². The minimum atomic E-state index is -4.62. The second kappa shape index (κ2) is 17.3. The molecule has 0 saturated heterocycles. The van der Waals surface area contributed by atoms with Gasteiger partial charge in [0.15, 0.2) is 17.3 Å². The van der Waals surface area contributed by atoms with Crippen LogP contribution in [0.3, 0.4) is 0 Å². The van der Waals surface area contributed by atoms with E-state index in [9.17, 15) is 32.5 Å². The molecule has 16 heteroatoms. The number of pyridine rings is 1. The van der Waals surface area contributed by atoms with Crippen molar-refractivity contribution in [2.45, 2.75) is 71.7 Å². The molecule has 0 aliphatic rings. The van der Waals surface area contributed by atoms with Crippen LogP contribution in [-0.2, 0) is 48.9 Å². The number of benzene rings is 1. The Hall–Kier alpha value is -4.93. The Morgan fingerprint density at radius 3 is 2.39 bits per heavy atom. The van der Waals surface area contributed by atoms with Crippen LogP contribution in [0.15, 0.2) is 63.0 Å². The average Bonchev–Trinajstić information content (AvgIpc) is 3.55. The number of fused-ring (bicyclic) bond motifs is 1. The maximum Gasteiger partial charge on any atom is 0.343 e. The number of aliphatic hydroxyl groups is 1. The molecular formula is C35H44N5O10S+. The molecule has 0 bridgehead atoms. The molecule has 0 aliphatic carbocycles. The van der Waals surface area contributed by atoms with Gasteiger partial charge < -0.3 is 23.9 Å². The van der Waals surface area contributed by atoms with E-state index in [0.717, 1.165) is 18.8 Å². The van der Waals surface area contributed by atoms with Crippen LogP contribution in [0.5, 0.6) is 0 Å². The van der Waals surface area contributed by atoms with Gasteiger partial charge in [-0.25, -0.2) is 9.36 Å². The highest BCUT2D eigenvalue weighted by Gasteiger charge is 2.29. The molecule has 3 atom stereocenters. The monoisotopic (exact) mass is 726 g/mol. The van der Waals surface area contributed by atoms with Gasteiger partial charge in [0.2, 0.25) is 0 Å². The summed E-state index contributed by atoms with van der Waals surface area (Å²) in [5.41, 5.74) is 1.59. The second-order valence-corrected chi connectivity index (χ2v) is 13.6. The Morgan fingerprint density at radius 2 is 1.73 bits per heavy atom. The molecule has 51 heavy (non-hydrogen) atoms.